The molecule has 1 unspecified atom stereocenters. The molecule has 1 aliphatic rings. The van der Waals surface area contributed by atoms with Crippen LogP contribution >= 0.6 is 0 Å². The van der Waals surface area contributed by atoms with Gasteiger partial charge in [-0.25, -0.2) is 4.99 Å². The number of hydrogen-bond acceptors (Lipinski definition) is 6. The quantitative estimate of drug-likeness (QED) is 0.485. The molecule has 1 aliphatic heterocycles. The van der Waals surface area contributed by atoms with Crippen molar-refractivity contribution in [2.24, 2.45) is 4.99 Å². The highest BCUT2D eigenvalue weighted by molar-refractivity contribution is 5.79. The van der Waals surface area contributed by atoms with Crippen LogP contribution in [0.2, 0.25) is 0 Å². The van der Waals surface area contributed by atoms with Crippen molar-refractivity contribution < 1.29 is 18.9 Å². The standard InChI is InChI=1S/C20H34N4O4/c1-6-21-20(22-13-15(2)24-7-9-28-10-8-24)23-14-16-11-17(25-3)19(27-5)18(12-16)26-4/h11-12,15H,6-10,13-14H2,1-5H3,(H2,21,22,23). The van der Waals surface area contributed by atoms with Gasteiger partial charge in [-0.2, -0.15) is 0 Å². The van der Waals surface area contributed by atoms with Gasteiger partial charge in [0.1, 0.15) is 0 Å². The highest BCUT2D eigenvalue weighted by Gasteiger charge is 2.17. The summed E-state index contributed by atoms with van der Waals surface area (Å²) in [6, 6.07) is 4.25. The van der Waals surface area contributed by atoms with Crippen molar-refractivity contribution in [1.29, 1.82) is 0 Å². The lowest BCUT2D eigenvalue weighted by Gasteiger charge is -2.32. The van der Waals surface area contributed by atoms with Crippen molar-refractivity contribution >= 4 is 5.96 Å². The van der Waals surface area contributed by atoms with E-state index < -0.39 is 0 Å². The van der Waals surface area contributed by atoms with Crippen LogP contribution in [0.1, 0.15) is 19.4 Å². The predicted octanol–water partition coefficient (Wildman–Crippen LogP) is 1.49. The zero-order valence-electron chi connectivity index (χ0n) is 17.7. The second kappa shape index (κ2) is 11.6. The molecule has 1 heterocycles. The Labute approximate surface area is 168 Å². The lowest BCUT2D eigenvalue weighted by atomic mass is 10.2. The van der Waals surface area contributed by atoms with Crippen LogP contribution in [0.25, 0.3) is 0 Å². The van der Waals surface area contributed by atoms with Crippen LogP contribution in [-0.2, 0) is 11.3 Å². The maximum absolute atomic E-state index is 5.43. The molecule has 0 aliphatic carbocycles. The van der Waals surface area contributed by atoms with E-state index in [1.807, 2.05) is 12.1 Å². The van der Waals surface area contributed by atoms with Gasteiger partial charge in [0, 0.05) is 32.2 Å². The first-order valence-corrected chi connectivity index (χ1v) is 9.75. The normalized spacial score (nSPS) is 16.4. The lowest BCUT2D eigenvalue weighted by Crippen LogP contribution is -2.49. The van der Waals surface area contributed by atoms with E-state index in [-0.39, 0.29) is 0 Å². The summed E-state index contributed by atoms with van der Waals surface area (Å²) >= 11 is 0. The molecular formula is C20H34N4O4. The largest absolute Gasteiger partial charge is 0.493 e. The summed E-state index contributed by atoms with van der Waals surface area (Å²) in [7, 11) is 4.83. The molecule has 1 aromatic carbocycles. The average molecular weight is 395 g/mol. The number of guanidine groups is 1. The van der Waals surface area contributed by atoms with Crippen molar-refractivity contribution in [3.8, 4) is 17.2 Å². The predicted molar refractivity (Wildman–Crippen MR) is 111 cm³/mol. The number of benzene rings is 1. The van der Waals surface area contributed by atoms with Gasteiger partial charge in [0.15, 0.2) is 17.5 Å². The number of nitrogens with zero attached hydrogens (tertiary/aromatic N) is 2. The molecule has 8 nitrogen and oxygen atoms in total. The summed E-state index contributed by atoms with van der Waals surface area (Å²) in [5.41, 5.74) is 0.980. The third-order valence-electron chi connectivity index (χ3n) is 4.72. The van der Waals surface area contributed by atoms with Crippen LogP contribution in [0.5, 0.6) is 17.2 Å². The van der Waals surface area contributed by atoms with Gasteiger partial charge in [0.05, 0.1) is 41.1 Å². The number of ether oxygens (including phenoxy) is 4. The smallest absolute Gasteiger partial charge is 0.203 e. The second-order valence-corrected chi connectivity index (χ2v) is 6.61. The van der Waals surface area contributed by atoms with E-state index in [0.29, 0.717) is 29.8 Å². The molecule has 0 saturated carbocycles. The monoisotopic (exact) mass is 394 g/mol. The fourth-order valence-corrected chi connectivity index (χ4v) is 3.13. The fraction of sp³-hybridized carbons (Fsp3) is 0.650. The van der Waals surface area contributed by atoms with Crippen LogP contribution in [-0.4, -0.2) is 77.6 Å². The third-order valence-corrected chi connectivity index (χ3v) is 4.72. The Balaban J connectivity index is 2.03. The van der Waals surface area contributed by atoms with Crippen LogP contribution in [0.15, 0.2) is 17.1 Å². The van der Waals surface area contributed by atoms with Crippen molar-refractivity contribution in [2.45, 2.75) is 26.4 Å². The number of aliphatic imine (C=N–C) groups is 1. The van der Waals surface area contributed by atoms with Crippen LogP contribution < -0.4 is 24.8 Å². The summed E-state index contributed by atoms with van der Waals surface area (Å²) in [5.74, 6) is 2.63. The molecule has 1 atom stereocenters. The number of methoxy groups -OCH3 is 3. The molecule has 158 valence electrons. The van der Waals surface area contributed by atoms with Gasteiger partial charge in [-0.15, -0.1) is 0 Å². The van der Waals surface area contributed by atoms with E-state index in [0.717, 1.165) is 50.9 Å². The molecule has 8 heteroatoms. The first-order chi connectivity index (χ1) is 13.6. The molecule has 0 radical (unpaired) electrons. The Morgan fingerprint density at radius 3 is 2.29 bits per heavy atom. The van der Waals surface area contributed by atoms with Gasteiger partial charge in [0.25, 0.3) is 0 Å². The minimum absolute atomic E-state index is 0.411. The average Bonchev–Trinajstić information content (AvgIpc) is 2.75. The van der Waals surface area contributed by atoms with Crippen LogP contribution in [0.4, 0.5) is 0 Å². The van der Waals surface area contributed by atoms with Crippen molar-refractivity contribution in [3.63, 3.8) is 0 Å². The Hall–Kier alpha value is -2.19. The Bertz CT molecular complexity index is 608. The number of hydrogen-bond donors (Lipinski definition) is 2. The second-order valence-electron chi connectivity index (χ2n) is 6.61. The first-order valence-electron chi connectivity index (χ1n) is 9.75. The molecule has 1 aromatic rings. The van der Waals surface area contributed by atoms with Gasteiger partial charge >= 0.3 is 0 Å². The van der Waals surface area contributed by atoms with E-state index in [1.54, 1.807) is 21.3 Å². The Morgan fingerprint density at radius 2 is 1.75 bits per heavy atom. The molecule has 1 saturated heterocycles. The highest BCUT2D eigenvalue weighted by atomic mass is 16.5. The molecule has 28 heavy (non-hydrogen) atoms. The number of morpholine rings is 1. The molecule has 2 rings (SSSR count). The molecular weight excluding hydrogens is 360 g/mol. The van der Waals surface area contributed by atoms with E-state index in [1.165, 1.54) is 0 Å². The van der Waals surface area contributed by atoms with E-state index in [9.17, 15) is 0 Å². The van der Waals surface area contributed by atoms with Crippen molar-refractivity contribution in [1.82, 2.24) is 15.5 Å². The van der Waals surface area contributed by atoms with E-state index in [4.69, 9.17) is 23.9 Å². The maximum atomic E-state index is 5.43. The lowest BCUT2D eigenvalue weighted by molar-refractivity contribution is 0.0211. The summed E-state index contributed by atoms with van der Waals surface area (Å²) in [4.78, 5) is 7.14. The fourth-order valence-electron chi connectivity index (χ4n) is 3.13. The van der Waals surface area contributed by atoms with Gasteiger partial charge in [-0.1, -0.05) is 0 Å². The number of rotatable bonds is 9. The molecule has 0 bridgehead atoms. The number of nitrogens with one attached hydrogen (secondary N) is 2. The van der Waals surface area contributed by atoms with E-state index in [2.05, 4.69) is 29.4 Å². The topological polar surface area (TPSA) is 76.6 Å². The Morgan fingerprint density at radius 1 is 1.11 bits per heavy atom. The summed E-state index contributed by atoms with van der Waals surface area (Å²) < 4.78 is 21.6. The summed E-state index contributed by atoms with van der Waals surface area (Å²) in [6.07, 6.45) is 0. The van der Waals surface area contributed by atoms with Gasteiger partial charge in [0.2, 0.25) is 5.75 Å². The Kier molecular flexibility index (Phi) is 9.16. The van der Waals surface area contributed by atoms with Crippen LogP contribution in [0.3, 0.4) is 0 Å². The van der Waals surface area contributed by atoms with Gasteiger partial charge in [-0.3, -0.25) is 4.90 Å². The van der Waals surface area contributed by atoms with Crippen molar-refractivity contribution in [2.75, 3.05) is 60.7 Å². The molecule has 2 N–H and O–H groups in total. The minimum atomic E-state index is 0.411. The maximum Gasteiger partial charge on any atom is 0.203 e. The molecule has 0 spiro atoms. The van der Waals surface area contributed by atoms with Gasteiger partial charge < -0.3 is 29.6 Å². The first kappa shape index (κ1) is 22.1. The highest BCUT2D eigenvalue weighted by Crippen LogP contribution is 2.38. The van der Waals surface area contributed by atoms with Crippen LogP contribution in [0, 0.1) is 0 Å². The molecule has 0 aromatic heterocycles. The molecule has 0 amide bonds. The third kappa shape index (κ3) is 6.17. The zero-order valence-corrected chi connectivity index (χ0v) is 17.7. The molecule has 1 fully saturated rings. The minimum Gasteiger partial charge on any atom is -0.493 e. The van der Waals surface area contributed by atoms with E-state index >= 15 is 0 Å². The van der Waals surface area contributed by atoms with Crippen molar-refractivity contribution in [3.05, 3.63) is 17.7 Å². The summed E-state index contributed by atoms with van der Waals surface area (Å²) in [6.45, 7) is 9.96. The zero-order chi connectivity index (χ0) is 20.4. The SMILES string of the molecule is CCNC(=NCc1cc(OC)c(OC)c(OC)c1)NCC(C)N1CCOCC1. The summed E-state index contributed by atoms with van der Waals surface area (Å²) in [5, 5.41) is 6.74. The van der Waals surface area contributed by atoms with Gasteiger partial charge in [-0.05, 0) is 31.5 Å².